The summed E-state index contributed by atoms with van der Waals surface area (Å²) in [4.78, 5) is 44.0. The number of carbonyl (C=O) groups excluding carboxylic acids is 2. The monoisotopic (exact) mass is 560 g/mol. The Morgan fingerprint density at radius 1 is 1.07 bits per heavy atom. The van der Waals surface area contributed by atoms with Gasteiger partial charge in [-0.1, -0.05) is 68.0 Å². The number of esters is 2. The first-order valence-corrected chi connectivity index (χ1v) is 13.9. The molecule has 40 heavy (non-hydrogen) atoms. The first-order chi connectivity index (χ1) is 19.4. The number of allylic oxidation sites excluding steroid dienone is 1. The number of benzene rings is 2. The lowest BCUT2D eigenvalue weighted by Crippen LogP contribution is -2.40. The third-order valence-electron chi connectivity index (χ3n) is 6.42. The Kier molecular flexibility index (Phi) is 9.50. The molecule has 1 unspecified atom stereocenters. The Balaban J connectivity index is 1.75. The van der Waals surface area contributed by atoms with Gasteiger partial charge in [-0.2, -0.15) is 0 Å². The summed E-state index contributed by atoms with van der Waals surface area (Å²) in [6.45, 7) is 8.16. The van der Waals surface area contributed by atoms with Crippen molar-refractivity contribution in [3.63, 3.8) is 0 Å². The van der Waals surface area contributed by atoms with E-state index in [-0.39, 0.29) is 17.7 Å². The van der Waals surface area contributed by atoms with Gasteiger partial charge >= 0.3 is 11.9 Å². The third kappa shape index (κ3) is 6.31. The highest BCUT2D eigenvalue weighted by molar-refractivity contribution is 7.07. The van der Waals surface area contributed by atoms with Gasteiger partial charge in [0.05, 0.1) is 41.1 Å². The van der Waals surface area contributed by atoms with Crippen molar-refractivity contribution in [1.82, 2.24) is 4.57 Å². The van der Waals surface area contributed by atoms with Gasteiger partial charge in [-0.3, -0.25) is 9.36 Å². The molecule has 8 nitrogen and oxygen atoms in total. The number of rotatable bonds is 11. The lowest BCUT2D eigenvalue weighted by atomic mass is 9.95. The first kappa shape index (κ1) is 28.8. The molecule has 0 radical (unpaired) electrons. The van der Waals surface area contributed by atoms with E-state index >= 15 is 0 Å². The molecule has 3 aromatic rings. The fourth-order valence-corrected chi connectivity index (χ4v) is 5.43. The minimum atomic E-state index is -0.790. The van der Waals surface area contributed by atoms with E-state index in [4.69, 9.17) is 14.2 Å². The van der Waals surface area contributed by atoms with Crippen LogP contribution in [-0.4, -0.2) is 36.8 Å². The fourth-order valence-electron chi connectivity index (χ4n) is 4.38. The van der Waals surface area contributed by atoms with E-state index < -0.39 is 18.0 Å². The Hall–Kier alpha value is -4.24. The topological polar surface area (TPSA) is 96.2 Å². The van der Waals surface area contributed by atoms with Gasteiger partial charge in [0.2, 0.25) is 0 Å². The largest absolute Gasteiger partial charge is 0.494 e. The molecule has 2 aromatic carbocycles. The molecule has 1 aliphatic heterocycles. The molecule has 1 aromatic heterocycles. The van der Waals surface area contributed by atoms with Crippen molar-refractivity contribution in [2.45, 2.75) is 39.2 Å². The highest BCUT2D eigenvalue weighted by atomic mass is 32.1. The Morgan fingerprint density at radius 2 is 1.80 bits per heavy atom. The number of fused-ring (bicyclic) bond motifs is 1. The molecule has 9 heteroatoms. The standard InChI is InChI=1S/C31H32N2O6S/c1-5-7-8-18-38-24-15-9-21(10-16-24)19-25-28(34)33-27(22-11-13-23(14-12-22)29(35)37-4)26(30(36)39-17-6-2)20(3)32-31(33)40-25/h6,9-16,19,27H,2,5,7-8,17-18H2,1,3-4H3. The molecule has 4 rings (SSSR count). The molecule has 0 aliphatic carbocycles. The van der Waals surface area contributed by atoms with Crippen molar-refractivity contribution in [3.8, 4) is 5.75 Å². The number of aromatic nitrogens is 1. The van der Waals surface area contributed by atoms with Crippen molar-refractivity contribution in [2.24, 2.45) is 4.99 Å². The predicted octanol–water partition coefficient (Wildman–Crippen LogP) is 4.32. The maximum absolute atomic E-state index is 13.8. The molecule has 0 saturated heterocycles. The van der Waals surface area contributed by atoms with E-state index in [1.165, 1.54) is 29.1 Å². The summed E-state index contributed by atoms with van der Waals surface area (Å²) in [6.07, 6.45) is 6.55. The minimum Gasteiger partial charge on any atom is -0.494 e. The van der Waals surface area contributed by atoms with Crippen LogP contribution in [0.5, 0.6) is 5.75 Å². The first-order valence-electron chi connectivity index (χ1n) is 13.1. The minimum absolute atomic E-state index is 0.0202. The smallest absolute Gasteiger partial charge is 0.338 e. The van der Waals surface area contributed by atoms with Gasteiger partial charge in [-0.15, -0.1) is 0 Å². The zero-order valence-corrected chi connectivity index (χ0v) is 23.7. The maximum atomic E-state index is 13.8. The Labute approximate surface area is 236 Å². The summed E-state index contributed by atoms with van der Waals surface area (Å²) in [5.74, 6) is -0.291. The Morgan fingerprint density at radius 3 is 2.45 bits per heavy atom. The molecule has 2 heterocycles. The molecular weight excluding hydrogens is 528 g/mol. The van der Waals surface area contributed by atoms with Crippen molar-refractivity contribution >= 4 is 29.4 Å². The lowest BCUT2D eigenvalue weighted by Gasteiger charge is -2.24. The van der Waals surface area contributed by atoms with E-state index in [1.807, 2.05) is 24.3 Å². The van der Waals surface area contributed by atoms with Gasteiger partial charge in [-0.05, 0) is 54.8 Å². The molecular formula is C31H32N2O6S. The molecule has 1 atom stereocenters. The van der Waals surface area contributed by atoms with Crippen LogP contribution in [0.25, 0.3) is 6.08 Å². The highest BCUT2D eigenvalue weighted by Gasteiger charge is 2.33. The quantitative estimate of drug-likeness (QED) is 0.197. The number of ether oxygens (including phenoxy) is 3. The molecule has 208 valence electrons. The van der Waals surface area contributed by atoms with E-state index in [1.54, 1.807) is 37.3 Å². The van der Waals surface area contributed by atoms with Crippen LogP contribution in [0.3, 0.4) is 0 Å². The van der Waals surface area contributed by atoms with Crippen LogP contribution in [0, 0.1) is 0 Å². The number of unbranched alkanes of at least 4 members (excludes halogenated alkanes) is 2. The SMILES string of the molecule is C=CCOC(=O)C1=C(C)N=c2sc(=Cc3ccc(OCCCCC)cc3)c(=O)n2C1c1ccc(C(=O)OC)cc1. The van der Waals surface area contributed by atoms with Crippen LogP contribution in [0.15, 0.2) is 82.2 Å². The average molecular weight is 561 g/mol. The van der Waals surface area contributed by atoms with Gasteiger partial charge < -0.3 is 14.2 Å². The average Bonchev–Trinajstić information content (AvgIpc) is 3.27. The number of hydrogen-bond acceptors (Lipinski definition) is 8. The highest BCUT2D eigenvalue weighted by Crippen LogP contribution is 2.31. The molecule has 0 N–H and O–H groups in total. The summed E-state index contributed by atoms with van der Waals surface area (Å²) in [6, 6.07) is 13.4. The summed E-state index contributed by atoms with van der Waals surface area (Å²) in [5, 5.41) is 0. The van der Waals surface area contributed by atoms with Crippen LogP contribution >= 0.6 is 11.3 Å². The van der Waals surface area contributed by atoms with Crippen molar-refractivity contribution in [3.05, 3.63) is 109 Å². The van der Waals surface area contributed by atoms with Crippen molar-refractivity contribution < 1.29 is 23.8 Å². The maximum Gasteiger partial charge on any atom is 0.338 e. The van der Waals surface area contributed by atoms with Crippen molar-refractivity contribution in [2.75, 3.05) is 20.3 Å². The second kappa shape index (κ2) is 13.2. The number of thiazole rings is 1. The summed E-state index contributed by atoms with van der Waals surface area (Å²) in [5.41, 5.74) is 2.24. The van der Waals surface area contributed by atoms with Crippen LogP contribution in [0.4, 0.5) is 0 Å². The second-order valence-corrected chi connectivity index (χ2v) is 10.2. The molecule has 0 saturated carbocycles. The van der Waals surface area contributed by atoms with Gasteiger partial charge in [0.15, 0.2) is 4.80 Å². The van der Waals surface area contributed by atoms with Gasteiger partial charge in [0.25, 0.3) is 5.56 Å². The third-order valence-corrected chi connectivity index (χ3v) is 7.40. The summed E-state index contributed by atoms with van der Waals surface area (Å²) >= 11 is 1.25. The number of nitrogens with zero attached hydrogens (tertiary/aromatic N) is 2. The number of methoxy groups -OCH3 is 1. The molecule has 1 aliphatic rings. The molecule has 0 bridgehead atoms. The number of hydrogen-bond donors (Lipinski definition) is 0. The lowest BCUT2D eigenvalue weighted by molar-refractivity contribution is -0.138. The van der Waals surface area contributed by atoms with E-state index in [0.717, 1.165) is 30.6 Å². The predicted molar refractivity (Wildman–Crippen MR) is 154 cm³/mol. The zero-order valence-electron chi connectivity index (χ0n) is 22.8. The fraction of sp³-hybridized carbons (Fsp3) is 0.290. The summed E-state index contributed by atoms with van der Waals surface area (Å²) < 4.78 is 17.9. The zero-order chi connectivity index (χ0) is 28.6. The van der Waals surface area contributed by atoms with Gasteiger partial charge in [-0.25, -0.2) is 14.6 Å². The number of carbonyl (C=O) groups is 2. The Bertz CT molecular complexity index is 1600. The molecule has 0 spiro atoms. The van der Waals surface area contributed by atoms with Crippen LogP contribution in [0.2, 0.25) is 0 Å². The van der Waals surface area contributed by atoms with E-state index in [9.17, 15) is 14.4 Å². The van der Waals surface area contributed by atoms with Crippen LogP contribution < -0.4 is 19.6 Å². The second-order valence-electron chi connectivity index (χ2n) is 9.21. The normalized spacial score (nSPS) is 14.8. The van der Waals surface area contributed by atoms with Crippen LogP contribution in [-0.2, 0) is 14.3 Å². The molecule has 0 amide bonds. The van der Waals surface area contributed by atoms with Gasteiger partial charge in [0, 0.05) is 0 Å². The van der Waals surface area contributed by atoms with E-state index in [2.05, 4.69) is 18.5 Å². The van der Waals surface area contributed by atoms with Crippen LogP contribution in [0.1, 0.15) is 60.6 Å². The van der Waals surface area contributed by atoms with E-state index in [0.29, 0.717) is 32.8 Å². The summed E-state index contributed by atoms with van der Waals surface area (Å²) in [7, 11) is 1.31. The molecule has 0 fully saturated rings. The van der Waals surface area contributed by atoms with Crippen molar-refractivity contribution in [1.29, 1.82) is 0 Å². The van der Waals surface area contributed by atoms with Gasteiger partial charge in [0.1, 0.15) is 12.4 Å².